The molecule has 5 nitrogen and oxygen atoms in total. The van der Waals surface area contributed by atoms with Crippen LogP contribution in [0, 0.1) is 0 Å². The largest absolute Gasteiger partial charge is 0.454 e. The van der Waals surface area contributed by atoms with Crippen LogP contribution in [0.1, 0.15) is 35.0 Å². The van der Waals surface area contributed by atoms with Gasteiger partial charge in [0.25, 0.3) is 0 Å². The van der Waals surface area contributed by atoms with Gasteiger partial charge in [-0.05, 0) is 41.6 Å². The van der Waals surface area contributed by atoms with Crippen LogP contribution in [0.2, 0.25) is 0 Å². The molecule has 0 saturated heterocycles. The summed E-state index contributed by atoms with van der Waals surface area (Å²) in [6.07, 6.45) is 0. The molecular formula is C22H22N2O3S. The number of ether oxygens (including phenoxy) is 2. The Morgan fingerprint density at radius 1 is 1.04 bits per heavy atom. The van der Waals surface area contributed by atoms with Crippen LogP contribution >= 0.6 is 11.3 Å². The van der Waals surface area contributed by atoms with Gasteiger partial charge in [0.1, 0.15) is 0 Å². The van der Waals surface area contributed by atoms with Gasteiger partial charge in [0, 0.05) is 4.88 Å². The average molecular weight is 394 g/mol. The highest BCUT2D eigenvalue weighted by Crippen LogP contribution is 2.34. The molecule has 1 aliphatic heterocycles. The van der Waals surface area contributed by atoms with Crippen molar-refractivity contribution in [2.75, 3.05) is 13.3 Å². The second kappa shape index (κ2) is 8.46. The van der Waals surface area contributed by atoms with Crippen molar-refractivity contribution < 1.29 is 14.3 Å². The highest BCUT2D eigenvalue weighted by atomic mass is 32.1. The van der Waals surface area contributed by atoms with E-state index in [9.17, 15) is 4.79 Å². The summed E-state index contributed by atoms with van der Waals surface area (Å²) in [4.78, 5) is 13.7. The quantitative estimate of drug-likeness (QED) is 0.635. The van der Waals surface area contributed by atoms with Crippen molar-refractivity contribution in [1.82, 2.24) is 10.6 Å². The van der Waals surface area contributed by atoms with Gasteiger partial charge in [-0.1, -0.05) is 42.5 Å². The first-order valence-electron chi connectivity index (χ1n) is 9.21. The van der Waals surface area contributed by atoms with Gasteiger partial charge in [0.05, 0.1) is 18.6 Å². The number of hydrogen-bond acceptors (Lipinski definition) is 5. The molecule has 0 bridgehead atoms. The zero-order valence-electron chi connectivity index (χ0n) is 15.6. The van der Waals surface area contributed by atoms with Crippen molar-refractivity contribution in [3.05, 3.63) is 82.0 Å². The average Bonchev–Trinajstić information content (AvgIpc) is 3.40. The first-order chi connectivity index (χ1) is 13.7. The molecule has 2 aromatic carbocycles. The van der Waals surface area contributed by atoms with Crippen LogP contribution in [0.3, 0.4) is 0 Å². The minimum absolute atomic E-state index is 0.00667. The third kappa shape index (κ3) is 4.18. The molecule has 0 saturated carbocycles. The number of rotatable bonds is 7. The van der Waals surface area contributed by atoms with Crippen LogP contribution in [0.15, 0.2) is 66.0 Å². The minimum atomic E-state index is -0.124. The molecule has 3 aromatic rings. The second-order valence-corrected chi connectivity index (χ2v) is 7.62. The minimum Gasteiger partial charge on any atom is -0.454 e. The SMILES string of the molecule is C[C@@H](NC(=O)CN[C@H](c1ccccc1)c1cccs1)c1ccc2c(c1)OCO2. The molecule has 4 rings (SSSR count). The van der Waals surface area contributed by atoms with Crippen molar-refractivity contribution in [3.63, 3.8) is 0 Å². The standard InChI is InChI=1S/C22H22N2O3S/c1-15(17-9-10-18-19(12-17)27-14-26-18)24-21(25)13-23-22(20-8-5-11-28-20)16-6-3-2-4-7-16/h2-12,15,22-23H,13-14H2,1H3,(H,24,25)/t15-,22-/m1/s1. The molecule has 0 radical (unpaired) electrons. The summed E-state index contributed by atoms with van der Waals surface area (Å²) < 4.78 is 10.8. The molecule has 0 aliphatic carbocycles. The lowest BCUT2D eigenvalue weighted by molar-refractivity contribution is -0.121. The Labute approximate surface area is 168 Å². The number of thiophene rings is 1. The summed E-state index contributed by atoms with van der Waals surface area (Å²) in [6.45, 7) is 2.43. The van der Waals surface area contributed by atoms with Crippen LogP contribution in [0.5, 0.6) is 11.5 Å². The molecule has 2 atom stereocenters. The highest BCUT2D eigenvalue weighted by Gasteiger charge is 2.19. The molecule has 0 spiro atoms. The molecule has 144 valence electrons. The number of hydrogen-bond donors (Lipinski definition) is 2. The Kier molecular flexibility index (Phi) is 5.60. The zero-order chi connectivity index (χ0) is 19.3. The van der Waals surface area contributed by atoms with Gasteiger partial charge in [0.15, 0.2) is 11.5 Å². The van der Waals surface area contributed by atoms with Crippen LogP contribution in [0.25, 0.3) is 0 Å². The van der Waals surface area contributed by atoms with Gasteiger partial charge in [0.2, 0.25) is 12.7 Å². The molecule has 1 aliphatic rings. The van der Waals surface area contributed by atoms with Crippen LogP contribution in [0.4, 0.5) is 0 Å². The lowest BCUT2D eigenvalue weighted by Crippen LogP contribution is -2.37. The van der Waals surface area contributed by atoms with Gasteiger partial charge in [-0.2, -0.15) is 0 Å². The predicted molar refractivity (Wildman–Crippen MR) is 110 cm³/mol. The smallest absolute Gasteiger partial charge is 0.234 e. The number of amides is 1. The molecule has 0 fully saturated rings. The Balaban J connectivity index is 1.38. The molecule has 1 amide bonds. The van der Waals surface area contributed by atoms with Crippen LogP contribution < -0.4 is 20.1 Å². The first-order valence-corrected chi connectivity index (χ1v) is 10.1. The Bertz CT molecular complexity index is 928. The van der Waals surface area contributed by atoms with E-state index in [-0.39, 0.29) is 31.3 Å². The van der Waals surface area contributed by atoms with E-state index in [1.807, 2.05) is 49.4 Å². The zero-order valence-corrected chi connectivity index (χ0v) is 16.4. The van der Waals surface area contributed by atoms with E-state index in [1.165, 1.54) is 4.88 Å². The van der Waals surface area contributed by atoms with E-state index in [2.05, 4.69) is 34.2 Å². The highest BCUT2D eigenvalue weighted by molar-refractivity contribution is 7.10. The number of nitrogens with one attached hydrogen (secondary N) is 2. The molecule has 2 N–H and O–H groups in total. The van der Waals surface area contributed by atoms with Crippen molar-refractivity contribution in [2.24, 2.45) is 0 Å². The van der Waals surface area contributed by atoms with Gasteiger partial charge < -0.3 is 14.8 Å². The van der Waals surface area contributed by atoms with Crippen molar-refractivity contribution in [3.8, 4) is 11.5 Å². The summed E-state index contributed by atoms with van der Waals surface area (Å²) in [6, 6.07) is 19.9. The van der Waals surface area contributed by atoms with Gasteiger partial charge in [-0.15, -0.1) is 11.3 Å². The van der Waals surface area contributed by atoms with E-state index in [0.29, 0.717) is 0 Å². The van der Waals surface area contributed by atoms with Gasteiger partial charge in [-0.25, -0.2) is 0 Å². The van der Waals surface area contributed by atoms with E-state index < -0.39 is 0 Å². The number of carbonyl (C=O) groups is 1. The summed E-state index contributed by atoms with van der Waals surface area (Å²) >= 11 is 1.68. The molecule has 2 heterocycles. The fraction of sp³-hybridized carbons (Fsp3) is 0.227. The normalized spacial score (nSPS) is 14.5. The fourth-order valence-electron chi connectivity index (χ4n) is 3.24. The molecule has 6 heteroatoms. The van der Waals surface area contributed by atoms with Gasteiger partial charge >= 0.3 is 0 Å². The van der Waals surface area contributed by atoms with Crippen LogP contribution in [-0.2, 0) is 4.79 Å². The maximum Gasteiger partial charge on any atom is 0.234 e. The van der Waals surface area contributed by atoms with Crippen molar-refractivity contribution >= 4 is 17.2 Å². The lowest BCUT2D eigenvalue weighted by atomic mass is 10.1. The second-order valence-electron chi connectivity index (χ2n) is 6.64. The summed E-state index contributed by atoms with van der Waals surface area (Å²) in [5.41, 5.74) is 2.12. The van der Waals surface area contributed by atoms with E-state index in [4.69, 9.17) is 9.47 Å². The van der Waals surface area contributed by atoms with Gasteiger partial charge in [-0.3, -0.25) is 10.1 Å². The molecular weight excluding hydrogens is 372 g/mol. The van der Waals surface area contributed by atoms with E-state index in [0.717, 1.165) is 22.6 Å². The number of carbonyl (C=O) groups excluding carboxylic acids is 1. The first kappa shape index (κ1) is 18.5. The summed E-state index contributed by atoms with van der Waals surface area (Å²) in [7, 11) is 0. The Morgan fingerprint density at radius 3 is 2.64 bits per heavy atom. The molecule has 0 unspecified atom stereocenters. The molecule has 1 aromatic heterocycles. The number of fused-ring (bicyclic) bond motifs is 1. The summed E-state index contributed by atoms with van der Waals surface area (Å²) in [5, 5.41) is 8.49. The fourth-order valence-corrected chi connectivity index (χ4v) is 4.06. The molecule has 28 heavy (non-hydrogen) atoms. The monoisotopic (exact) mass is 394 g/mol. The topological polar surface area (TPSA) is 59.6 Å². The Morgan fingerprint density at radius 2 is 1.86 bits per heavy atom. The maximum atomic E-state index is 12.5. The third-order valence-electron chi connectivity index (χ3n) is 4.70. The number of benzene rings is 2. The third-order valence-corrected chi connectivity index (χ3v) is 5.64. The lowest BCUT2D eigenvalue weighted by Gasteiger charge is -2.19. The van der Waals surface area contributed by atoms with Crippen LogP contribution in [-0.4, -0.2) is 19.2 Å². The summed E-state index contributed by atoms with van der Waals surface area (Å²) in [5.74, 6) is 1.41. The predicted octanol–water partition coefficient (Wildman–Crippen LogP) is 4.03. The van der Waals surface area contributed by atoms with Crippen molar-refractivity contribution in [2.45, 2.75) is 19.0 Å². The maximum absolute atomic E-state index is 12.5. The van der Waals surface area contributed by atoms with E-state index >= 15 is 0 Å². The Hall–Kier alpha value is -2.83. The van der Waals surface area contributed by atoms with Crippen molar-refractivity contribution in [1.29, 1.82) is 0 Å². The van der Waals surface area contributed by atoms with E-state index in [1.54, 1.807) is 11.3 Å².